The summed E-state index contributed by atoms with van der Waals surface area (Å²) in [5, 5.41) is 17.4. The predicted molar refractivity (Wildman–Crippen MR) is 118 cm³/mol. The summed E-state index contributed by atoms with van der Waals surface area (Å²) in [5.74, 6) is -0.267. The molecule has 2 amide bonds. The molecule has 0 aliphatic carbocycles. The fraction of sp³-hybridized carbons (Fsp3) is 0.364. The van der Waals surface area contributed by atoms with Crippen molar-refractivity contribution in [2.45, 2.75) is 13.5 Å². The topological polar surface area (TPSA) is 108 Å². The maximum atomic E-state index is 12.5. The van der Waals surface area contributed by atoms with Crippen LogP contribution >= 0.6 is 0 Å². The average Bonchev–Trinajstić information content (AvgIpc) is 2.78. The Morgan fingerprint density at radius 2 is 1.77 bits per heavy atom. The van der Waals surface area contributed by atoms with E-state index in [1.807, 2.05) is 35.2 Å². The van der Waals surface area contributed by atoms with Crippen molar-refractivity contribution in [3.05, 3.63) is 69.8 Å². The summed E-state index contributed by atoms with van der Waals surface area (Å²) in [5.41, 5.74) is 1.48. The summed E-state index contributed by atoms with van der Waals surface area (Å²) in [6, 6.07) is 14.0. The lowest BCUT2D eigenvalue weighted by Crippen LogP contribution is -2.49. The SMILES string of the molecule is CC(=O)N1CCN(CCNC(=O)c2ccc(NCc3ccccc3)c([N+](=O)[O-])c2)CC1. The molecule has 2 aromatic carbocycles. The van der Waals surface area contributed by atoms with Crippen LogP contribution in [0.5, 0.6) is 0 Å². The molecule has 0 aromatic heterocycles. The quantitative estimate of drug-likeness (QED) is 0.495. The minimum absolute atomic E-state index is 0.0799. The molecule has 0 atom stereocenters. The van der Waals surface area contributed by atoms with Gasteiger partial charge >= 0.3 is 0 Å². The summed E-state index contributed by atoms with van der Waals surface area (Å²) in [6.07, 6.45) is 0. The van der Waals surface area contributed by atoms with Gasteiger partial charge < -0.3 is 15.5 Å². The van der Waals surface area contributed by atoms with E-state index in [2.05, 4.69) is 15.5 Å². The lowest BCUT2D eigenvalue weighted by molar-refractivity contribution is -0.384. The fourth-order valence-corrected chi connectivity index (χ4v) is 3.48. The zero-order valence-electron chi connectivity index (χ0n) is 17.5. The third kappa shape index (κ3) is 6.26. The zero-order chi connectivity index (χ0) is 22.2. The van der Waals surface area contributed by atoms with Gasteiger partial charge in [-0.2, -0.15) is 0 Å². The van der Waals surface area contributed by atoms with Crippen LogP contribution in [0.3, 0.4) is 0 Å². The van der Waals surface area contributed by atoms with Crippen LogP contribution in [0, 0.1) is 10.1 Å². The molecule has 0 spiro atoms. The molecule has 1 fully saturated rings. The lowest BCUT2D eigenvalue weighted by Gasteiger charge is -2.34. The molecule has 2 aromatic rings. The Morgan fingerprint density at radius 1 is 1.06 bits per heavy atom. The molecule has 9 nitrogen and oxygen atoms in total. The first-order valence-electron chi connectivity index (χ1n) is 10.3. The highest BCUT2D eigenvalue weighted by Gasteiger charge is 2.20. The number of carbonyl (C=O) groups is 2. The van der Waals surface area contributed by atoms with Crippen molar-refractivity contribution in [3.8, 4) is 0 Å². The van der Waals surface area contributed by atoms with E-state index in [0.717, 1.165) is 18.7 Å². The largest absolute Gasteiger partial charge is 0.375 e. The third-order valence-corrected chi connectivity index (χ3v) is 5.31. The smallest absolute Gasteiger partial charge is 0.293 e. The fourth-order valence-electron chi connectivity index (χ4n) is 3.48. The van der Waals surface area contributed by atoms with Gasteiger partial charge in [-0.25, -0.2) is 0 Å². The monoisotopic (exact) mass is 425 g/mol. The van der Waals surface area contributed by atoms with Gasteiger partial charge in [0.15, 0.2) is 0 Å². The van der Waals surface area contributed by atoms with Gasteiger partial charge in [-0.05, 0) is 17.7 Å². The van der Waals surface area contributed by atoms with Crippen molar-refractivity contribution in [3.63, 3.8) is 0 Å². The van der Waals surface area contributed by atoms with Crippen LogP contribution in [0.25, 0.3) is 0 Å². The van der Waals surface area contributed by atoms with Crippen molar-refractivity contribution in [1.29, 1.82) is 0 Å². The molecule has 0 saturated carbocycles. The number of hydrogen-bond donors (Lipinski definition) is 2. The number of nitrogens with zero attached hydrogens (tertiary/aromatic N) is 3. The van der Waals surface area contributed by atoms with E-state index >= 15 is 0 Å². The lowest BCUT2D eigenvalue weighted by atomic mass is 10.1. The number of nitro benzene ring substituents is 1. The molecule has 164 valence electrons. The van der Waals surface area contributed by atoms with Gasteiger partial charge in [0.25, 0.3) is 11.6 Å². The Hall–Kier alpha value is -3.46. The minimum atomic E-state index is -0.487. The summed E-state index contributed by atoms with van der Waals surface area (Å²) in [6.45, 7) is 6.02. The van der Waals surface area contributed by atoms with Gasteiger partial charge in [0, 0.05) is 64.4 Å². The first kappa shape index (κ1) is 22.2. The van der Waals surface area contributed by atoms with Crippen molar-refractivity contribution in [2.24, 2.45) is 0 Å². The molecule has 1 saturated heterocycles. The number of nitro groups is 1. The van der Waals surface area contributed by atoms with E-state index in [0.29, 0.717) is 38.4 Å². The van der Waals surface area contributed by atoms with Crippen molar-refractivity contribution < 1.29 is 14.5 Å². The summed E-state index contributed by atoms with van der Waals surface area (Å²) < 4.78 is 0. The van der Waals surface area contributed by atoms with Crippen LogP contribution in [0.2, 0.25) is 0 Å². The molecule has 2 N–H and O–H groups in total. The Labute approximate surface area is 181 Å². The minimum Gasteiger partial charge on any atom is -0.375 e. The third-order valence-electron chi connectivity index (χ3n) is 5.31. The van der Waals surface area contributed by atoms with E-state index in [9.17, 15) is 19.7 Å². The number of anilines is 1. The van der Waals surface area contributed by atoms with Crippen LogP contribution in [0.4, 0.5) is 11.4 Å². The molecule has 0 radical (unpaired) electrons. The number of hydrogen-bond acceptors (Lipinski definition) is 6. The van der Waals surface area contributed by atoms with Crippen LogP contribution in [0.15, 0.2) is 48.5 Å². The number of carbonyl (C=O) groups excluding carboxylic acids is 2. The zero-order valence-corrected chi connectivity index (χ0v) is 17.5. The van der Waals surface area contributed by atoms with E-state index in [-0.39, 0.29) is 23.1 Å². The molecule has 1 heterocycles. The highest BCUT2D eigenvalue weighted by molar-refractivity contribution is 5.95. The van der Waals surface area contributed by atoms with Gasteiger partial charge in [-0.3, -0.25) is 24.6 Å². The van der Waals surface area contributed by atoms with Crippen molar-refractivity contribution >= 4 is 23.2 Å². The van der Waals surface area contributed by atoms with Gasteiger partial charge in [-0.15, -0.1) is 0 Å². The molecule has 0 unspecified atom stereocenters. The Kier molecular flexibility index (Phi) is 7.55. The first-order valence-corrected chi connectivity index (χ1v) is 10.3. The normalized spacial score (nSPS) is 14.2. The second-order valence-corrected chi connectivity index (χ2v) is 7.43. The second-order valence-electron chi connectivity index (χ2n) is 7.43. The molecule has 1 aliphatic heterocycles. The highest BCUT2D eigenvalue weighted by atomic mass is 16.6. The van der Waals surface area contributed by atoms with E-state index in [1.54, 1.807) is 19.1 Å². The van der Waals surface area contributed by atoms with Crippen LogP contribution < -0.4 is 10.6 Å². The predicted octanol–water partition coefficient (Wildman–Crippen LogP) is 2.10. The van der Waals surface area contributed by atoms with Crippen LogP contribution in [0.1, 0.15) is 22.8 Å². The van der Waals surface area contributed by atoms with E-state index < -0.39 is 4.92 Å². The van der Waals surface area contributed by atoms with Gasteiger partial charge in [-0.1, -0.05) is 30.3 Å². The Bertz CT molecular complexity index is 927. The summed E-state index contributed by atoms with van der Waals surface area (Å²) in [4.78, 5) is 38.8. The number of piperazine rings is 1. The second kappa shape index (κ2) is 10.5. The van der Waals surface area contributed by atoms with E-state index in [4.69, 9.17) is 0 Å². The van der Waals surface area contributed by atoms with Gasteiger partial charge in [0.2, 0.25) is 5.91 Å². The van der Waals surface area contributed by atoms with Crippen LogP contribution in [-0.2, 0) is 11.3 Å². The standard InChI is InChI=1S/C22H27N5O4/c1-17(28)26-13-11-25(12-14-26)10-9-23-22(29)19-7-8-20(21(15-19)27(30)31)24-16-18-5-3-2-4-6-18/h2-8,15,24H,9-14,16H2,1H3,(H,23,29). The Balaban J connectivity index is 1.53. The van der Waals surface area contributed by atoms with Gasteiger partial charge in [0.1, 0.15) is 5.69 Å². The van der Waals surface area contributed by atoms with Crippen molar-refractivity contribution in [1.82, 2.24) is 15.1 Å². The molecule has 1 aliphatic rings. The molecule has 9 heteroatoms. The maximum Gasteiger partial charge on any atom is 0.293 e. The number of benzene rings is 2. The van der Waals surface area contributed by atoms with Gasteiger partial charge in [0.05, 0.1) is 4.92 Å². The number of nitrogens with one attached hydrogen (secondary N) is 2. The number of amides is 2. The molecular formula is C22H27N5O4. The van der Waals surface area contributed by atoms with Crippen LogP contribution in [-0.4, -0.2) is 65.8 Å². The molecule has 31 heavy (non-hydrogen) atoms. The van der Waals surface area contributed by atoms with Crippen molar-refractivity contribution in [2.75, 3.05) is 44.6 Å². The first-order chi connectivity index (χ1) is 14.9. The average molecular weight is 425 g/mol. The molecular weight excluding hydrogens is 398 g/mol. The molecule has 0 bridgehead atoms. The summed E-state index contributed by atoms with van der Waals surface area (Å²) in [7, 11) is 0. The summed E-state index contributed by atoms with van der Waals surface area (Å²) >= 11 is 0. The highest BCUT2D eigenvalue weighted by Crippen LogP contribution is 2.26. The van der Waals surface area contributed by atoms with E-state index in [1.165, 1.54) is 6.07 Å². The number of rotatable bonds is 8. The molecule has 3 rings (SSSR count). The maximum absolute atomic E-state index is 12.5. The Morgan fingerprint density at radius 3 is 2.42 bits per heavy atom.